The van der Waals surface area contributed by atoms with Gasteiger partial charge in [-0.05, 0) is 49.8 Å². The summed E-state index contributed by atoms with van der Waals surface area (Å²) in [4.78, 5) is 2.51. The molecule has 0 bridgehead atoms. The molecule has 2 aromatic carbocycles. The summed E-state index contributed by atoms with van der Waals surface area (Å²) in [5.74, 6) is 0. The van der Waals surface area contributed by atoms with Crippen molar-refractivity contribution in [1.29, 1.82) is 0 Å². The molecule has 1 fully saturated rings. The number of aromatic nitrogens is 3. The molecule has 30 heavy (non-hydrogen) atoms. The molecule has 4 rings (SSSR count). The number of nitrogens with zero attached hydrogens (tertiary/aromatic N) is 5. The summed E-state index contributed by atoms with van der Waals surface area (Å²) in [7, 11) is -3.45. The minimum Gasteiger partial charge on any atom is -0.282 e. The molecule has 0 radical (unpaired) electrons. The Morgan fingerprint density at radius 3 is 2.37 bits per heavy atom. The average Bonchev–Trinajstić information content (AvgIpc) is 3.09. The topological polar surface area (TPSA) is 63.4 Å². The Morgan fingerprint density at radius 1 is 1.00 bits per heavy atom. The first-order valence-electron chi connectivity index (χ1n) is 9.86. The second kappa shape index (κ2) is 8.43. The van der Waals surface area contributed by atoms with Crippen molar-refractivity contribution in [3.8, 4) is 5.69 Å². The van der Waals surface area contributed by atoms with Gasteiger partial charge >= 0.3 is 0 Å². The number of hydrogen-bond acceptors (Lipinski definition) is 5. The fourth-order valence-electron chi connectivity index (χ4n) is 3.72. The zero-order valence-corrected chi connectivity index (χ0v) is 18.7. The van der Waals surface area contributed by atoms with Gasteiger partial charge in [-0.25, -0.2) is 13.1 Å². The van der Waals surface area contributed by atoms with Gasteiger partial charge in [0.25, 0.3) is 0 Å². The molecular weight excluding hydrogens is 418 g/mol. The Labute approximate surface area is 182 Å². The van der Waals surface area contributed by atoms with E-state index < -0.39 is 10.0 Å². The van der Waals surface area contributed by atoms with Crippen LogP contribution in [0, 0.1) is 18.6 Å². The van der Waals surface area contributed by atoms with Gasteiger partial charge in [-0.15, -0.1) is 0 Å². The Morgan fingerprint density at radius 2 is 1.70 bits per heavy atom. The molecule has 158 valence electrons. The summed E-state index contributed by atoms with van der Waals surface area (Å²) in [6.07, 6.45) is 1.75. The highest BCUT2D eigenvalue weighted by Crippen LogP contribution is 2.19. The molecule has 0 spiro atoms. The van der Waals surface area contributed by atoms with Crippen LogP contribution < -0.4 is 0 Å². The molecule has 0 atom stereocenters. The molecule has 0 amide bonds. The lowest BCUT2D eigenvalue weighted by molar-refractivity contribution is 0.144. The highest BCUT2D eigenvalue weighted by Gasteiger charge is 2.28. The van der Waals surface area contributed by atoms with Crippen LogP contribution in [-0.2, 0) is 16.7 Å². The fourth-order valence-corrected chi connectivity index (χ4v) is 5.41. The molecule has 1 aliphatic heterocycles. The number of benzene rings is 2. The van der Waals surface area contributed by atoms with Crippen LogP contribution in [-0.4, -0.2) is 58.1 Å². The van der Waals surface area contributed by atoms with E-state index in [4.69, 9.17) is 12.2 Å². The standard InChI is InChI=1S/C21H25N5O2S2/c1-17-8-9-20(18(2)14-17)25-15-22-26(21(25)29)16-23-10-12-24(13-11-23)30(27,28)19-6-4-3-5-7-19/h3-9,14-15H,10-13,16H2,1-2H3. The van der Waals surface area contributed by atoms with Gasteiger partial charge < -0.3 is 0 Å². The van der Waals surface area contributed by atoms with Crippen LogP contribution in [0.25, 0.3) is 5.69 Å². The van der Waals surface area contributed by atoms with Crippen molar-refractivity contribution in [3.05, 3.63) is 70.8 Å². The van der Waals surface area contributed by atoms with Crippen molar-refractivity contribution in [2.24, 2.45) is 0 Å². The molecule has 0 aliphatic carbocycles. The smallest absolute Gasteiger partial charge is 0.243 e. The van der Waals surface area contributed by atoms with Gasteiger partial charge in [0.05, 0.1) is 17.3 Å². The fraction of sp³-hybridized carbons (Fsp3) is 0.333. The van der Waals surface area contributed by atoms with Gasteiger partial charge in [-0.1, -0.05) is 35.9 Å². The minimum absolute atomic E-state index is 0.341. The van der Waals surface area contributed by atoms with E-state index in [1.165, 1.54) is 5.56 Å². The van der Waals surface area contributed by atoms with Crippen LogP contribution >= 0.6 is 12.2 Å². The number of sulfonamides is 1. The summed E-state index contributed by atoms with van der Waals surface area (Å²) in [5, 5.41) is 4.47. The first-order valence-corrected chi connectivity index (χ1v) is 11.7. The molecule has 0 saturated carbocycles. The lowest BCUT2D eigenvalue weighted by atomic mass is 10.1. The van der Waals surface area contributed by atoms with Gasteiger partial charge in [0.15, 0.2) is 0 Å². The Kier molecular flexibility index (Phi) is 5.88. The zero-order valence-electron chi connectivity index (χ0n) is 17.1. The van der Waals surface area contributed by atoms with Crippen LogP contribution in [0.2, 0.25) is 0 Å². The van der Waals surface area contributed by atoms with Crippen molar-refractivity contribution >= 4 is 22.2 Å². The van der Waals surface area contributed by atoms with E-state index in [2.05, 4.69) is 42.0 Å². The van der Waals surface area contributed by atoms with E-state index in [1.807, 2.05) is 10.6 Å². The van der Waals surface area contributed by atoms with Crippen molar-refractivity contribution in [2.75, 3.05) is 26.2 Å². The number of hydrogen-bond donors (Lipinski definition) is 0. The number of aryl methyl sites for hydroxylation is 2. The van der Waals surface area contributed by atoms with Crippen LogP contribution in [0.5, 0.6) is 0 Å². The second-order valence-electron chi connectivity index (χ2n) is 7.55. The van der Waals surface area contributed by atoms with Crippen LogP contribution in [0.3, 0.4) is 0 Å². The molecule has 1 aromatic heterocycles. The number of rotatable bonds is 5. The summed E-state index contributed by atoms with van der Waals surface area (Å²) in [6.45, 7) is 6.82. The molecule has 0 unspecified atom stereocenters. The summed E-state index contributed by atoms with van der Waals surface area (Å²) < 4.78 is 31.5. The monoisotopic (exact) mass is 443 g/mol. The molecular formula is C21H25N5O2S2. The molecule has 2 heterocycles. The molecule has 3 aromatic rings. The van der Waals surface area contributed by atoms with E-state index in [-0.39, 0.29) is 0 Å². The highest BCUT2D eigenvalue weighted by molar-refractivity contribution is 7.89. The minimum atomic E-state index is -3.45. The van der Waals surface area contributed by atoms with E-state index in [0.29, 0.717) is 42.5 Å². The molecule has 1 saturated heterocycles. The van der Waals surface area contributed by atoms with E-state index in [1.54, 1.807) is 39.6 Å². The Balaban J connectivity index is 1.44. The lowest BCUT2D eigenvalue weighted by Gasteiger charge is -2.33. The van der Waals surface area contributed by atoms with Crippen molar-refractivity contribution in [3.63, 3.8) is 0 Å². The second-order valence-corrected chi connectivity index (χ2v) is 9.85. The summed E-state index contributed by atoms with van der Waals surface area (Å²) >= 11 is 5.65. The first kappa shape index (κ1) is 20.9. The predicted molar refractivity (Wildman–Crippen MR) is 119 cm³/mol. The third-order valence-corrected chi connectivity index (χ3v) is 7.71. The summed E-state index contributed by atoms with van der Waals surface area (Å²) in [5.41, 5.74) is 3.37. The average molecular weight is 444 g/mol. The third-order valence-electron chi connectivity index (χ3n) is 5.39. The van der Waals surface area contributed by atoms with Crippen LogP contribution in [0.15, 0.2) is 59.8 Å². The van der Waals surface area contributed by atoms with Gasteiger partial charge in [0.2, 0.25) is 14.8 Å². The lowest BCUT2D eigenvalue weighted by Crippen LogP contribution is -2.48. The highest BCUT2D eigenvalue weighted by atomic mass is 32.2. The van der Waals surface area contributed by atoms with Crippen LogP contribution in [0.1, 0.15) is 11.1 Å². The van der Waals surface area contributed by atoms with Gasteiger partial charge in [-0.2, -0.15) is 9.40 Å². The maximum absolute atomic E-state index is 12.8. The number of piperazine rings is 1. The predicted octanol–water partition coefficient (Wildman–Crippen LogP) is 2.98. The largest absolute Gasteiger partial charge is 0.282 e. The van der Waals surface area contributed by atoms with Crippen molar-refractivity contribution < 1.29 is 8.42 Å². The maximum atomic E-state index is 12.8. The molecule has 9 heteroatoms. The van der Waals surface area contributed by atoms with Gasteiger partial charge in [-0.3, -0.25) is 9.47 Å². The zero-order chi connectivity index (χ0) is 21.3. The SMILES string of the molecule is Cc1ccc(-n2cnn(CN3CCN(S(=O)(=O)c4ccccc4)CC3)c2=S)c(C)c1. The normalized spacial score (nSPS) is 16.1. The van der Waals surface area contributed by atoms with Crippen molar-refractivity contribution in [2.45, 2.75) is 25.4 Å². The van der Waals surface area contributed by atoms with E-state index >= 15 is 0 Å². The van der Waals surface area contributed by atoms with E-state index in [9.17, 15) is 8.42 Å². The summed E-state index contributed by atoms with van der Waals surface area (Å²) in [6, 6.07) is 14.8. The molecule has 0 N–H and O–H groups in total. The van der Waals surface area contributed by atoms with Gasteiger partial charge in [0, 0.05) is 26.2 Å². The van der Waals surface area contributed by atoms with E-state index in [0.717, 1.165) is 11.3 Å². The Hall–Kier alpha value is -2.33. The molecule has 7 nitrogen and oxygen atoms in total. The quantitative estimate of drug-likeness (QED) is 0.568. The van der Waals surface area contributed by atoms with Crippen LogP contribution in [0.4, 0.5) is 0 Å². The van der Waals surface area contributed by atoms with Crippen molar-refractivity contribution in [1.82, 2.24) is 23.6 Å². The maximum Gasteiger partial charge on any atom is 0.243 e. The molecule has 1 aliphatic rings. The van der Waals surface area contributed by atoms with Gasteiger partial charge in [0.1, 0.15) is 6.33 Å². The third kappa shape index (κ3) is 4.11. The Bertz CT molecular complexity index is 1190. The first-order chi connectivity index (χ1) is 14.4.